The average molecular weight is 383 g/mol. The van der Waals surface area contributed by atoms with Crippen LogP contribution < -0.4 is 15.8 Å². The molecule has 1 aromatic heterocycles. The predicted molar refractivity (Wildman–Crippen MR) is 112 cm³/mol. The van der Waals surface area contributed by atoms with Gasteiger partial charge in [0.1, 0.15) is 0 Å². The van der Waals surface area contributed by atoms with Crippen molar-refractivity contribution in [2.75, 3.05) is 18.0 Å². The van der Waals surface area contributed by atoms with E-state index in [1.807, 2.05) is 24.3 Å². The number of aromatic nitrogens is 2. The fourth-order valence-corrected chi connectivity index (χ4v) is 4.47. The van der Waals surface area contributed by atoms with Crippen LogP contribution in [0.25, 0.3) is 11.0 Å². The van der Waals surface area contributed by atoms with Gasteiger partial charge in [0.2, 0.25) is 5.91 Å². The van der Waals surface area contributed by atoms with E-state index in [9.17, 15) is 9.59 Å². The zero-order chi connectivity index (χ0) is 19.3. The van der Waals surface area contributed by atoms with Gasteiger partial charge in [0, 0.05) is 32.1 Å². The molecule has 0 spiro atoms. The lowest BCUT2D eigenvalue weighted by atomic mass is 9.95. The average Bonchev–Trinajstić information content (AvgIpc) is 2.74. The third-order valence-electron chi connectivity index (χ3n) is 6.02. The third-order valence-corrected chi connectivity index (χ3v) is 6.02. The van der Waals surface area contributed by atoms with Gasteiger partial charge >= 0.3 is 0 Å². The summed E-state index contributed by atoms with van der Waals surface area (Å²) in [6.07, 6.45) is 9.52. The molecule has 0 radical (unpaired) electrons. The van der Waals surface area contributed by atoms with Gasteiger partial charge in [-0.1, -0.05) is 31.4 Å². The number of aryl methyl sites for hydroxylation is 1. The lowest BCUT2D eigenvalue weighted by molar-refractivity contribution is -0.122. The van der Waals surface area contributed by atoms with Crippen molar-refractivity contribution in [3.8, 4) is 0 Å². The SMILES string of the molecule is O=C(CCn1c(=O)c(N2CCCCC2)nc2ccccc21)NC1CCCCC1. The zero-order valence-corrected chi connectivity index (χ0v) is 16.5. The van der Waals surface area contributed by atoms with Gasteiger partial charge in [-0.15, -0.1) is 0 Å². The number of hydrogen-bond acceptors (Lipinski definition) is 4. The first-order valence-electron chi connectivity index (χ1n) is 10.8. The number of hydrogen-bond donors (Lipinski definition) is 1. The summed E-state index contributed by atoms with van der Waals surface area (Å²) < 4.78 is 1.74. The molecule has 2 aliphatic rings. The molecular formula is C22H30N4O2. The maximum atomic E-state index is 13.2. The van der Waals surface area contributed by atoms with Crippen molar-refractivity contribution < 1.29 is 4.79 Å². The summed E-state index contributed by atoms with van der Waals surface area (Å²) in [6, 6.07) is 8.03. The number of benzene rings is 1. The van der Waals surface area contributed by atoms with E-state index in [0.29, 0.717) is 24.8 Å². The summed E-state index contributed by atoms with van der Waals surface area (Å²) in [4.78, 5) is 32.5. The highest BCUT2D eigenvalue weighted by Crippen LogP contribution is 2.19. The Hall–Kier alpha value is -2.37. The summed E-state index contributed by atoms with van der Waals surface area (Å²) in [5.41, 5.74) is 1.54. The molecule has 150 valence electrons. The van der Waals surface area contributed by atoms with Crippen LogP contribution >= 0.6 is 0 Å². The summed E-state index contributed by atoms with van der Waals surface area (Å²) in [6.45, 7) is 2.15. The normalized spacial score (nSPS) is 18.4. The number of nitrogens with zero attached hydrogens (tertiary/aromatic N) is 3. The molecule has 1 amide bonds. The number of piperidine rings is 1. The van der Waals surface area contributed by atoms with Crippen LogP contribution in [-0.4, -0.2) is 34.6 Å². The zero-order valence-electron chi connectivity index (χ0n) is 16.5. The molecule has 2 aromatic rings. The molecular weight excluding hydrogens is 352 g/mol. The maximum absolute atomic E-state index is 13.2. The number of rotatable bonds is 5. The fourth-order valence-electron chi connectivity index (χ4n) is 4.47. The first kappa shape index (κ1) is 19.0. The molecule has 4 rings (SSSR count). The molecule has 6 heteroatoms. The smallest absolute Gasteiger partial charge is 0.294 e. The third kappa shape index (κ3) is 4.21. The molecule has 1 aromatic carbocycles. The molecule has 2 fully saturated rings. The number of anilines is 1. The second-order valence-electron chi connectivity index (χ2n) is 8.08. The van der Waals surface area contributed by atoms with Gasteiger partial charge in [0.05, 0.1) is 11.0 Å². The van der Waals surface area contributed by atoms with Crippen molar-refractivity contribution in [1.29, 1.82) is 0 Å². The van der Waals surface area contributed by atoms with Crippen LogP contribution in [0.2, 0.25) is 0 Å². The first-order chi connectivity index (χ1) is 13.7. The molecule has 6 nitrogen and oxygen atoms in total. The Balaban J connectivity index is 1.55. The lowest BCUT2D eigenvalue weighted by Crippen LogP contribution is -2.39. The number of nitrogens with one attached hydrogen (secondary N) is 1. The number of carbonyl (C=O) groups excluding carboxylic acids is 1. The standard InChI is InChI=1S/C22H30N4O2/c27-20(23-17-9-3-1-4-10-17)13-16-26-19-12-6-5-11-18(19)24-21(22(26)28)25-14-7-2-8-15-25/h5-6,11-12,17H,1-4,7-10,13-16H2,(H,23,27). The van der Waals surface area contributed by atoms with Crippen LogP contribution in [0.3, 0.4) is 0 Å². The summed E-state index contributed by atoms with van der Waals surface area (Å²) >= 11 is 0. The van der Waals surface area contributed by atoms with Gasteiger partial charge in [-0.25, -0.2) is 4.98 Å². The molecule has 1 saturated heterocycles. The van der Waals surface area contributed by atoms with Gasteiger partial charge in [-0.05, 0) is 44.2 Å². The summed E-state index contributed by atoms with van der Waals surface area (Å²) in [7, 11) is 0. The van der Waals surface area contributed by atoms with E-state index in [1.165, 1.54) is 25.7 Å². The second-order valence-corrected chi connectivity index (χ2v) is 8.08. The Morgan fingerprint density at radius 1 is 1.04 bits per heavy atom. The molecule has 1 aliphatic carbocycles. The van der Waals surface area contributed by atoms with Crippen LogP contribution in [0.5, 0.6) is 0 Å². The van der Waals surface area contributed by atoms with Crippen LogP contribution in [0.15, 0.2) is 29.1 Å². The van der Waals surface area contributed by atoms with E-state index in [-0.39, 0.29) is 11.5 Å². The monoisotopic (exact) mass is 382 g/mol. The highest BCUT2D eigenvalue weighted by atomic mass is 16.2. The van der Waals surface area contributed by atoms with Gasteiger partial charge in [0.25, 0.3) is 5.56 Å². The fraction of sp³-hybridized carbons (Fsp3) is 0.591. The number of carbonyl (C=O) groups is 1. The van der Waals surface area contributed by atoms with E-state index in [4.69, 9.17) is 0 Å². The van der Waals surface area contributed by atoms with Crippen LogP contribution in [0.1, 0.15) is 57.8 Å². The Labute approximate surface area is 165 Å². The molecule has 28 heavy (non-hydrogen) atoms. The maximum Gasteiger partial charge on any atom is 0.294 e. The van der Waals surface area contributed by atoms with Crippen molar-refractivity contribution in [1.82, 2.24) is 14.9 Å². The Bertz CT molecular complexity index is 880. The highest BCUT2D eigenvalue weighted by Gasteiger charge is 2.20. The van der Waals surface area contributed by atoms with Crippen LogP contribution in [0, 0.1) is 0 Å². The molecule has 1 N–H and O–H groups in total. The molecule has 0 unspecified atom stereocenters. The van der Waals surface area contributed by atoms with Crippen molar-refractivity contribution >= 4 is 22.8 Å². The van der Waals surface area contributed by atoms with Crippen molar-refractivity contribution in [2.45, 2.75) is 70.4 Å². The Kier molecular flexibility index (Phi) is 5.93. The molecule has 1 aliphatic heterocycles. The highest BCUT2D eigenvalue weighted by molar-refractivity contribution is 5.78. The van der Waals surface area contributed by atoms with E-state index in [0.717, 1.165) is 49.8 Å². The number of para-hydroxylation sites is 2. The largest absolute Gasteiger partial charge is 0.353 e. The Morgan fingerprint density at radius 3 is 2.54 bits per heavy atom. The van der Waals surface area contributed by atoms with E-state index in [2.05, 4.69) is 15.2 Å². The van der Waals surface area contributed by atoms with Gasteiger partial charge < -0.3 is 14.8 Å². The van der Waals surface area contributed by atoms with Crippen molar-refractivity contribution in [3.63, 3.8) is 0 Å². The minimum Gasteiger partial charge on any atom is -0.353 e. The summed E-state index contributed by atoms with van der Waals surface area (Å²) in [5, 5.41) is 3.15. The minimum atomic E-state index is -0.0777. The lowest BCUT2D eigenvalue weighted by Gasteiger charge is -2.28. The second kappa shape index (κ2) is 8.76. The van der Waals surface area contributed by atoms with Crippen molar-refractivity contribution in [3.05, 3.63) is 34.6 Å². The van der Waals surface area contributed by atoms with Crippen molar-refractivity contribution in [2.24, 2.45) is 0 Å². The molecule has 1 saturated carbocycles. The van der Waals surface area contributed by atoms with E-state index >= 15 is 0 Å². The van der Waals surface area contributed by atoms with Crippen LogP contribution in [-0.2, 0) is 11.3 Å². The topological polar surface area (TPSA) is 67.2 Å². The van der Waals surface area contributed by atoms with Gasteiger partial charge in [-0.2, -0.15) is 0 Å². The molecule has 2 heterocycles. The molecule has 0 atom stereocenters. The van der Waals surface area contributed by atoms with Gasteiger partial charge in [-0.3, -0.25) is 9.59 Å². The quantitative estimate of drug-likeness (QED) is 0.862. The Morgan fingerprint density at radius 2 is 1.75 bits per heavy atom. The predicted octanol–water partition coefficient (Wildman–Crippen LogP) is 3.23. The van der Waals surface area contributed by atoms with E-state index < -0.39 is 0 Å². The molecule has 0 bridgehead atoms. The van der Waals surface area contributed by atoms with E-state index in [1.54, 1.807) is 4.57 Å². The summed E-state index contributed by atoms with van der Waals surface area (Å²) in [5.74, 6) is 0.574. The number of amides is 1. The van der Waals surface area contributed by atoms with Crippen LogP contribution in [0.4, 0.5) is 5.82 Å². The first-order valence-corrected chi connectivity index (χ1v) is 10.8. The van der Waals surface area contributed by atoms with Gasteiger partial charge in [0.15, 0.2) is 5.82 Å². The minimum absolute atomic E-state index is 0.0409. The number of fused-ring (bicyclic) bond motifs is 1.